The van der Waals surface area contributed by atoms with Crippen LogP contribution in [0.3, 0.4) is 0 Å². The van der Waals surface area contributed by atoms with Gasteiger partial charge in [0.2, 0.25) is 5.91 Å². The summed E-state index contributed by atoms with van der Waals surface area (Å²) in [5, 5.41) is 8.79. The molecule has 0 spiro atoms. The van der Waals surface area contributed by atoms with Crippen molar-refractivity contribution in [3.63, 3.8) is 0 Å². The molecule has 1 aromatic carbocycles. The smallest absolute Gasteiger partial charge is 0.224 e. The maximum Gasteiger partial charge on any atom is 0.224 e. The van der Waals surface area contributed by atoms with Crippen molar-refractivity contribution in [2.75, 3.05) is 6.54 Å². The zero-order valence-corrected chi connectivity index (χ0v) is 9.31. The lowest BCUT2D eigenvalue weighted by atomic mass is 10.1. The molecule has 0 saturated carbocycles. The molecule has 1 unspecified atom stereocenters. The number of hydrogen-bond acceptors (Lipinski definition) is 2. The highest BCUT2D eigenvalue weighted by molar-refractivity contribution is 5.79. The van der Waals surface area contributed by atoms with Crippen LogP contribution in [0.1, 0.15) is 17.5 Å². The summed E-state index contributed by atoms with van der Waals surface area (Å²) in [4.78, 5) is 13.4. The molecule has 0 bridgehead atoms. The fourth-order valence-corrected chi connectivity index (χ4v) is 2.00. The van der Waals surface area contributed by atoms with Gasteiger partial charge in [0.05, 0.1) is 12.0 Å². The highest BCUT2D eigenvalue weighted by Gasteiger charge is 2.29. The molecule has 16 heavy (non-hydrogen) atoms. The highest BCUT2D eigenvalue weighted by Crippen LogP contribution is 2.20. The van der Waals surface area contributed by atoms with Crippen molar-refractivity contribution in [1.82, 2.24) is 4.90 Å². The summed E-state index contributed by atoms with van der Waals surface area (Å²) in [7, 11) is 0. The second-order valence-electron chi connectivity index (χ2n) is 4.23. The van der Waals surface area contributed by atoms with E-state index in [4.69, 9.17) is 5.26 Å². The number of aryl methyl sites for hydroxylation is 1. The van der Waals surface area contributed by atoms with Crippen LogP contribution in [0.15, 0.2) is 24.3 Å². The lowest BCUT2D eigenvalue weighted by Crippen LogP contribution is -2.24. The number of benzene rings is 1. The Morgan fingerprint density at radius 1 is 1.50 bits per heavy atom. The number of hydrogen-bond donors (Lipinski definition) is 0. The fraction of sp³-hybridized carbons (Fsp3) is 0.385. The summed E-state index contributed by atoms with van der Waals surface area (Å²) in [6.45, 7) is 3.24. The molecular weight excluding hydrogens is 200 g/mol. The minimum absolute atomic E-state index is 0.0924. The second-order valence-corrected chi connectivity index (χ2v) is 4.23. The number of rotatable bonds is 2. The van der Waals surface area contributed by atoms with Crippen LogP contribution in [0, 0.1) is 24.2 Å². The number of carbonyl (C=O) groups is 1. The van der Waals surface area contributed by atoms with E-state index in [0.29, 0.717) is 19.5 Å². The molecule has 0 aromatic heterocycles. The predicted molar refractivity (Wildman–Crippen MR) is 60.3 cm³/mol. The SMILES string of the molecule is Cc1ccccc1CN1CC(C#N)CC1=O. The van der Waals surface area contributed by atoms with Gasteiger partial charge in [0.25, 0.3) is 0 Å². The average molecular weight is 214 g/mol. The van der Waals surface area contributed by atoms with Crippen LogP contribution >= 0.6 is 0 Å². The lowest BCUT2D eigenvalue weighted by molar-refractivity contribution is -0.128. The van der Waals surface area contributed by atoms with Gasteiger partial charge in [0.15, 0.2) is 0 Å². The van der Waals surface area contributed by atoms with Gasteiger partial charge in [-0.15, -0.1) is 0 Å². The Labute approximate surface area is 95.3 Å². The first-order valence-electron chi connectivity index (χ1n) is 5.42. The minimum atomic E-state index is -0.128. The van der Waals surface area contributed by atoms with Crippen molar-refractivity contribution in [2.45, 2.75) is 19.9 Å². The zero-order chi connectivity index (χ0) is 11.5. The van der Waals surface area contributed by atoms with Gasteiger partial charge in [0.1, 0.15) is 0 Å². The Morgan fingerprint density at radius 3 is 2.88 bits per heavy atom. The molecule has 1 fully saturated rings. The molecule has 1 aromatic rings. The summed E-state index contributed by atoms with van der Waals surface area (Å²) in [5.41, 5.74) is 2.35. The first-order valence-corrected chi connectivity index (χ1v) is 5.42. The third-order valence-electron chi connectivity index (χ3n) is 3.02. The summed E-state index contributed by atoms with van der Waals surface area (Å²) in [5.74, 6) is -0.0358. The zero-order valence-electron chi connectivity index (χ0n) is 9.31. The van der Waals surface area contributed by atoms with Gasteiger partial charge in [-0.05, 0) is 18.1 Å². The predicted octanol–water partition coefficient (Wildman–Crippen LogP) is 1.87. The van der Waals surface area contributed by atoms with E-state index >= 15 is 0 Å². The first kappa shape index (κ1) is 10.7. The van der Waals surface area contributed by atoms with Crippen LogP contribution in [0.4, 0.5) is 0 Å². The molecular formula is C13H14N2O. The minimum Gasteiger partial charge on any atom is -0.337 e. The number of nitriles is 1. The van der Waals surface area contributed by atoms with E-state index in [1.165, 1.54) is 5.56 Å². The lowest BCUT2D eigenvalue weighted by Gasteiger charge is -2.17. The molecule has 2 rings (SSSR count). The van der Waals surface area contributed by atoms with Crippen LogP contribution in [0.2, 0.25) is 0 Å². The summed E-state index contributed by atoms with van der Waals surface area (Å²) >= 11 is 0. The van der Waals surface area contributed by atoms with E-state index in [0.717, 1.165) is 5.56 Å². The van der Waals surface area contributed by atoms with Crippen molar-refractivity contribution in [3.8, 4) is 6.07 Å². The number of nitrogens with zero attached hydrogens (tertiary/aromatic N) is 2. The van der Waals surface area contributed by atoms with Gasteiger partial charge >= 0.3 is 0 Å². The summed E-state index contributed by atoms with van der Waals surface area (Å²) in [6.07, 6.45) is 0.377. The van der Waals surface area contributed by atoms with E-state index < -0.39 is 0 Å². The van der Waals surface area contributed by atoms with Crippen molar-refractivity contribution in [1.29, 1.82) is 5.26 Å². The van der Waals surface area contributed by atoms with E-state index in [-0.39, 0.29) is 11.8 Å². The number of amides is 1. The van der Waals surface area contributed by atoms with Crippen molar-refractivity contribution < 1.29 is 4.79 Å². The van der Waals surface area contributed by atoms with Crippen LogP contribution < -0.4 is 0 Å². The van der Waals surface area contributed by atoms with Crippen molar-refractivity contribution >= 4 is 5.91 Å². The first-order chi connectivity index (χ1) is 7.70. The van der Waals surface area contributed by atoms with E-state index in [9.17, 15) is 4.79 Å². The molecule has 1 aliphatic rings. The fourth-order valence-electron chi connectivity index (χ4n) is 2.00. The number of carbonyl (C=O) groups excluding carboxylic acids is 1. The third kappa shape index (κ3) is 2.06. The van der Waals surface area contributed by atoms with Gasteiger partial charge in [0, 0.05) is 19.5 Å². The largest absolute Gasteiger partial charge is 0.337 e. The van der Waals surface area contributed by atoms with E-state index in [1.807, 2.05) is 31.2 Å². The molecule has 1 aliphatic heterocycles. The maximum absolute atomic E-state index is 11.6. The van der Waals surface area contributed by atoms with Crippen LogP contribution in [-0.4, -0.2) is 17.4 Å². The normalized spacial score (nSPS) is 19.9. The van der Waals surface area contributed by atoms with Crippen molar-refractivity contribution in [2.24, 2.45) is 5.92 Å². The Hall–Kier alpha value is -1.82. The topological polar surface area (TPSA) is 44.1 Å². The van der Waals surface area contributed by atoms with E-state index in [2.05, 4.69) is 6.07 Å². The van der Waals surface area contributed by atoms with Crippen molar-refractivity contribution in [3.05, 3.63) is 35.4 Å². The maximum atomic E-state index is 11.6. The second kappa shape index (κ2) is 4.36. The standard InChI is InChI=1S/C13H14N2O/c1-10-4-2-3-5-12(10)9-15-8-11(7-14)6-13(15)16/h2-5,11H,6,8-9H2,1H3. The monoisotopic (exact) mass is 214 g/mol. The number of likely N-dealkylation sites (tertiary alicyclic amines) is 1. The highest BCUT2D eigenvalue weighted by atomic mass is 16.2. The Morgan fingerprint density at radius 2 is 2.25 bits per heavy atom. The Balaban J connectivity index is 2.09. The molecule has 1 heterocycles. The summed E-state index contributed by atoms with van der Waals surface area (Å²) in [6, 6.07) is 10.2. The third-order valence-corrected chi connectivity index (χ3v) is 3.02. The molecule has 3 heteroatoms. The van der Waals surface area contributed by atoms with Gasteiger partial charge in [-0.25, -0.2) is 0 Å². The Kier molecular flexibility index (Phi) is 2.91. The molecule has 3 nitrogen and oxygen atoms in total. The van der Waals surface area contributed by atoms with Crippen LogP contribution in [0.5, 0.6) is 0 Å². The Bertz CT molecular complexity index is 447. The van der Waals surface area contributed by atoms with Gasteiger partial charge in [-0.3, -0.25) is 4.79 Å². The van der Waals surface area contributed by atoms with E-state index in [1.54, 1.807) is 4.90 Å². The van der Waals surface area contributed by atoms with Gasteiger partial charge in [-0.2, -0.15) is 5.26 Å². The molecule has 1 atom stereocenters. The molecule has 0 N–H and O–H groups in total. The molecule has 82 valence electrons. The van der Waals surface area contributed by atoms with Crippen LogP contribution in [0.25, 0.3) is 0 Å². The van der Waals surface area contributed by atoms with Gasteiger partial charge in [-0.1, -0.05) is 24.3 Å². The molecule has 0 radical (unpaired) electrons. The summed E-state index contributed by atoms with van der Waals surface area (Å²) < 4.78 is 0. The quantitative estimate of drug-likeness (QED) is 0.754. The van der Waals surface area contributed by atoms with Crippen LogP contribution in [-0.2, 0) is 11.3 Å². The van der Waals surface area contributed by atoms with Gasteiger partial charge < -0.3 is 4.90 Å². The molecule has 1 saturated heterocycles. The molecule has 0 aliphatic carbocycles. The average Bonchev–Trinajstić information content (AvgIpc) is 2.63. The molecule has 1 amide bonds.